The van der Waals surface area contributed by atoms with Crippen LogP contribution >= 0.6 is 11.8 Å². The van der Waals surface area contributed by atoms with E-state index in [1.165, 1.54) is 10.5 Å². The molecule has 0 saturated carbocycles. The van der Waals surface area contributed by atoms with Crippen LogP contribution in [0, 0.1) is 0 Å². The van der Waals surface area contributed by atoms with Crippen molar-refractivity contribution < 1.29 is 0 Å². The molecule has 12 heavy (non-hydrogen) atoms. The third-order valence-electron chi connectivity index (χ3n) is 1.54. The molecule has 2 N–H and O–H groups in total. The molecule has 0 fully saturated rings. The van der Waals surface area contributed by atoms with E-state index in [2.05, 4.69) is 30.5 Å². The van der Waals surface area contributed by atoms with Crippen molar-refractivity contribution >= 4 is 17.8 Å². The number of rotatable bonds is 3. The largest absolute Gasteiger partial charge is 0.327 e. The van der Waals surface area contributed by atoms with Gasteiger partial charge in [0, 0.05) is 11.4 Å². The summed E-state index contributed by atoms with van der Waals surface area (Å²) in [5.74, 6) is 0. The maximum absolute atomic E-state index is 5.35. The Morgan fingerprint density at radius 2 is 2.33 bits per heavy atom. The first-order valence-corrected chi connectivity index (χ1v) is 5.10. The van der Waals surface area contributed by atoms with Crippen molar-refractivity contribution in [1.29, 1.82) is 0 Å². The maximum Gasteiger partial charge on any atom is 0.0110 e. The lowest BCUT2D eigenvalue weighted by atomic mass is 10.2. The fourth-order valence-electron chi connectivity index (χ4n) is 0.949. The molecule has 0 saturated heterocycles. The molecule has 0 aliphatic rings. The highest BCUT2D eigenvalue weighted by atomic mass is 32.2. The molecule has 0 unspecified atom stereocenters. The summed E-state index contributed by atoms with van der Waals surface area (Å²) in [5, 5.41) is 0. The standard InChI is InChI=1S/C10H13NS/c1-12-10-6-2-4-9(8-10)5-3-7-11/h2-6,8H,7,11H2,1H3. The summed E-state index contributed by atoms with van der Waals surface area (Å²) in [6.45, 7) is 0.601. The van der Waals surface area contributed by atoms with Gasteiger partial charge in [-0.1, -0.05) is 24.3 Å². The Labute approximate surface area is 77.7 Å². The molecule has 0 heterocycles. The van der Waals surface area contributed by atoms with E-state index in [4.69, 9.17) is 5.73 Å². The lowest BCUT2D eigenvalue weighted by Gasteiger charge is -1.96. The molecule has 1 aromatic carbocycles. The van der Waals surface area contributed by atoms with E-state index in [0.717, 1.165) is 0 Å². The number of hydrogen-bond acceptors (Lipinski definition) is 2. The molecule has 0 radical (unpaired) electrons. The average Bonchev–Trinajstić information content (AvgIpc) is 2.15. The molecule has 0 spiro atoms. The van der Waals surface area contributed by atoms with Crippen LogP contribution in [-0.4, -0.2) is 12.8 Å². The molecular weight excluding hydrogens is 166 g/mol. The lowest BCUT2D eigenvalue weighted by molar-refractivity contribution is 1.26. The van der Waals surface area contributed by atoms with Gasteiger partial charge in [-0.25, -0.2) is 0 Å². The Kier molecular flexibility index (Phi) is 3.91. The minimum absolute atomic E-state index is 0.601. The molecule has 64 valence electrons. The SMILES string of the molecule is CSc1cccc(C=CCN)c1. The third-order valence-corrected chi connectivity index (χ3v) is 2.27. The van der Waals surface area contributed by atoms with E-state index in [-0.39, 0.29) is 0 Å². The molecule has 2 heteroatoms. The topological polar surface area (TPSA) is 26.0 Å². The zero-order valence-corrected chi connectivity index (χ0v) is 7.97. The highest BCUT2D eigenvalue weighted by Gasteiger charge is 1.89. The molecule has 0 aliphatic carbocycles. The highest BCUT2D eigenvalue weighted by molar-refractivity contribution is 7.98. The van der Waals surface area contributed by atoms with Crippen LogP contribution in [0.1, 0.15) is 5.56 Å². The highest BCUT2D eigenvalue weighted by Crippen LogP contribution is 2.16. The van der Waals surface area contributed by atoms with E-state index in [1.54, 1.807) is 11.8 Å². The van der Waals surface area contributed by atoms with Crippen molar-refractivity contribution in [3.8, 4) is 0 Å². The summed E-state index contributed by atoms with van der Waals surface area (Å²) in [6.07, 6.45) is 6.07. The van der Waals surface area contributed by atoms with Crippen LogP contribution in [0.4, 0.5) is 0 Å². The van der Waals surface area contributed by atoms with Crippen LogP contribution < -0.4 is 5.73 Å². The van der Waals surface area contributed by atoms with E-state index >= 15 is 0 Å². The second-order valence-electron chi connectivity index (χ2n) is 2.41. The minimum atomic E-state index is 0.601. The van der Waals surface area contributed by atoms with Gasteiger partial charge in [0.2, 0.25) is 0 Å². The Bertz CT molecular complexity index is 268. The van der Waals surface area contributed by atoms with Gasteiger partial charge in [-0.05, 0) is 24.0 Å². The molecule has 0 amide bonds. The summed E-state index contributed by atoms with van der Waals surface area (Å²) in [6, 6.07) is 8.38. The van der Waals surface area contributed by atoms with Crippen molar-refractivity contribution in [3.05, 3.63) is 35.9 Å². The molecule has 1 nitrogen and oxygen atoms in total. The van der Waals surface area contributed by atoms with Gasteiger partial charge in [0.15, 0.2) is 0 Å². The number of benzene rings is 1. The van der Waals surface area contributed by atoms with Gasteiger partial charge < -0.3 is 5.73 Å². The lowest BCUT2D eigenvalue weighted by Crippen LogP contribution is -1.91. The Morgan fingerprint density at radius 1 is 1.50 bits per heavy atom. The predicted octanol–water partition coefficient (Wildman–Crippen LogP) is 2.38. The molecule has 1 rings (SSSR count). The van der Waals surface area contributed by atoms with Gasteiger partial charge in [-0.2, -0.15) is 0 Å². The third kappa shape index (κ3) is 2.72. The zero-order chi connectivity index (χ0) is 8.81. The van der Waals surface area contributed by atoms with Crippen molar-refractivity contribution in [2.75, 3.05) is 12.8 Å². The predicted molar refractivity (Wildman–Crippen MR) is 56.3 cm³/mol. The Morgan fingerprint density at radius 3 is 3.00 bits per heavy atom. The minimum Gasteiger partial charge on any atom is -0.327 e. The zero-order valence-electron chi connectivity index (χ0n) is 7.16. The fraction of sp³-hybridized carbons (Fsp3) is 0.200. The monoisotopic (exact) mass is 179 g/mol. The van der Waals surface area contributed by atoms with Crippen LogP contribution in [0.15, 0.2) is 35.2 Å². The number of nitrogens with two attached hydrogens (primary N) is 1. The second-order valence-corrected chi connectivity index (χ2v) is 3.29. The first kappa shape index (κ1) is 9.36. The quantitative estimate of drug-likeness (QED) is 0.721. The average molecular weight is 179 g/mol. The molecule has 0 bridgehead atoms. The van der Waals surface area contributed by atoms with Crippen LogP contribution in [0.2, 0.25) is 0 Å². The van der Waals surface area contributed by atoms with Gasteiger partial charge >= 0.3 is 0 Å². The number of thioether (sulfide) groups is 1. The summed E-state index contributed by atoms with van der Waals surface area (Å²) in [5.41, 5.74) is 6.57. The van der Waals surface area contributed by atoms with Crippen molar-refractivity contribution in [2.24, 2.45) is 5.73 Å². The van der Waals surface area contributed by atoms with Crippen LogP contribution in [0.3, 0.4) is 0 Å². The van der Waals surface area contributed by atoms with E-state index in [1.807, 2.05) is 12.2 Å². The summed E-state index contributed by atoms with van der Waals surface area (Å²) in [4.78, 5) is 1.29. The van der Waals surface area contributed by atoms with Crippen molar-refractivity contribution in [2.45, 2.75) is 4.90 Å². The normalized spacial score (nSPS) is 10.8. The van der Waals surface area contributed by atoms with Gasteiger partial charge in [0.1, 0.15) is 0 Å². The van der Waals surface area contributed by atoms with Crippen LogP contribution in [0.5, 0.6) is 0 Å². The van der Waals surface area contributed by atoms with E-state index < -0.39 is 0 Å². The molecule has 0 aromatic heterocycles. The first-order chi connectivity index (χ1) is 5.86. The number of hydrogen-bond donors (Lipinski definition) is 1. The van der Waals surface area contributed by atoms with E-state index in [0.29, 0.717) is 6.54 Å². The molecule has 1 aromatic rings. The smallest absolute Gasteiger partial charge is 0.0110 e. The fourth-order valence-corrected chi connectivity index (χ4v) is 1.42. The van der Waals surface area contributed by atoms with Gasteiger partial charge in [0.05, 0.1) is 0 Å². The second kappa shape index (κ2) is 5.01. The molecular formula is C10H13NS. The Balaban J connectivity index is 2.79. The van der Waals surface area contributed by atoms with Crippen molar-refractivity contribution in [3.63, 3.8) is 0 Å². The van der Waals surface area contributed by atoms with Gasteiger partial charge in [-0.15, -0.1) is 11.8 Å². The summed E-state index contributed by atoms with van der Waals surface area (Å²) < 4.78 is 0. The van der Waals surface area contributed by atoms with Crippen molar-refractivity contribution in [1.82, 2.24) is 0 Å². The summed E-state index contributed by atoms with van der Waals surface area (Å²) in [7, 11) is 0. The van der Waals surface area contributed by atoms with Crippen LogP contribution in [0.25, 0.3) is 6.08 Å². The van der Waals surface area contributed by atoms with Gasteiger partial charge in [-0.3, -0.25) is 0 Å². The van der Waals surface area contributed by atoms with E-state index in [9.17, 15) is 0 Å². The van der Waals surface area contributed by atoms with Crippen LogP contribution in [-0.2, 0) is 0 Å². The Hall–Kier alpha value is -0.730. The summed E-state index contributed by atoms with van der Waals surface area (Å²) >= 11 is 1.75. The first-order valence-electron chi connectivity index (χ1n) is 3.87. The molecule has 0 atom stereocenters. The maximum atomic E-state index is 5.35. The van der Waals surface area contributed by atoms with Gasteiger partial charge in [0.25, 0.3) is 0 Å². The molecule has 0 aliphatic heterocycles.